The van der Waals surface area contributed by atoms with Gasteiger partial charge in [0.05, 0.1) is 0 Å². The van der Waals surface area contributed by atoms with Crippen LogP contribution in [0.1, 0.15) is 12.5 Å². The lowest BCUT2D eigenvalue weighted by Gasteiger charge is -2.15. The molecule has 0 N–H and O–H groups in total. The molecule has 5 rings (SSSR count). The van der Waals surface area contributed by atoms with Gasteiger partial charge in [-0.1, -0.05) is 104 Å². The number of aryl methyl sites for hydroxylation is 1. The third kappa shape index (κ3) is 3.67. The fraction of sp³-hybridized carbons (Fsp3) is 0.0714. The van der Waals surface area contributed by atoms with Crippen LogP contribution in [0.4, 0.5) is 0 Å². The first-order chi connectivity index (χ1) is 15.7. The molecule has 0 radical (unpaired) electrons. The van der Waals surface area contributed by atoms with Crippen molar-refractivity contribution in [2.24, 2.45) is 0 Å². The van der Waals surface area contributed by atoms with Crippen molar-refractivity contribution in [2.75, 3.05) is 0 Å². The molecule has 4 heteroatoms. The summed E-state index contributed by atoms with van der Waals surface area (Å²) in [7, 11) is 0. The minimum absolute atomic E-state index is 0.0719. The van der Waals surface area contributed by atoms with Gasteiger partial charge in [0.25, 0.3) is 0 Å². The Bertz CT molecular complexity index is 1340. The van der Waals surface area contributed by atoms with Gasteiger partial charge in [0.15, 0.2) is 11.6 Å². The van der Waals surface area contributed by atoms with E-state index in [1.165, 1.54) is 5.56 Å². The lowest BCUT2D eigenvalue weighted by molar-refractivity contribution is -0.267. The first-order valence-corrected chi connectivity index (χ1v) is 10.7. The molecular formula is C28H22N3O-. The van der Waals surface area contributed by atoms with E-state index in [-0.39, 0.29) is 5.75 Å². The van der Waals surface area contributed by atoms with Crippen LogP contribution in [0.5, 0.6) is 5.75 Å². The van der Waals surface area contributed by atoms with Crippen molar-refractivity contribution in [3.8, 4) is 45.3 Å². The van der Waals surface area contributed by atoms with E-state index in [4.69, 9.17) is 0 Å². The first-order valence-electron chi connectivity index (χ1n) is 10.7. The summed E-state index contributed by atoms with van der Waals surface area (Å²) < 4.78 is 1.97. The Morgan fingerprint density at radius 3 is 1.91 bits per heavy atom. The van der Waals surface area contributed by atoms with Crippen LogP contribution in [0.15, 0.2) is 103 Å². The van der Waals surface area contributed by atoms with Crippen molar-refractivity contribution < 1.29 is 5.11 Å². The zero-order chi connectivity index (χ0) is 21.9. The minimum atomic E-state index is -0.0719. The van der Waals surface area contributed by atoms with Crippen LogP contribution in [0.25, 0.3) is 39.6 Å². The maximum absolute atomic E-state index is 12.6. The molecule has 0 aliphatic rings. The Labute approximate surface area is 187 Å². The largest absolute Gasteiger partial charge is 0.872 e. The fourth-order valence-corrected chi connectivity index (χ4v) is 3.86. The van der Waals surface area contributed by atoms with E-state index >= 15 is 0 Å². The SMILES string of the molecule is CCc1ccc(-n2c(-c3ccc(-c4ccccc4)cc3)nnc2-c2ccccc2[O-])cc1. The van der Waals surface area contributed by atoms with Crippen LogP contribution < -0.4 is 5.11 Å². The van der Waals surface area contributed by atoms with E-state index in [0.29, 0.717) is 17.2 Å². The van der Waals surface area contributed by atoms with Gasteiger partial charge in [-0.2, -0.15) is 0 Å². The van der Waals surface area contributed by atoms with E-state index in [2.05, 4.69) is 77.8 Å². The molecular weight excluding hydrogens is 394 g/mol. The monoisotopic (exact) mass is 416 g/mol. The summed E-state index contributed by atoms with van der Waals surface area (Å²) in [5.74, 6) is 1.17. The number of benzene rings is 4. The normalized spacial score (nSPS) is 10.9. The van der Waals surface area contributed by atoms with Gasteiger partial charge in [-0.25, -0.2) is 0 Å². The summed E-state index contributed by atoms with van der Waals surface area (Å²) in [6.07, 6.45) is 0.965. The van der Waals surface area contributed by atoms with Gasteiger partial charge < -0.3 is 5.11 Å². The second-order valence-corrected chi connectivity index (χ2v) is 7.64. The van der Waals surface area contributed by atoms with E-state index in [1.807, 2.05) is 28.8 Å². The number of hydrogen-bond donors (Lipinski definition) is 0. The van der Waals surface area contributed by atoms with Crippen LogP contribution in [-0.2, 0) is 6.42 Å². The predicted molar refractivity (Wildman–Crippen MR) is 126 cm³/mol. The molecule has 1 aromatic heterocycles. The van der Waals surface area contributed by atoms with Gasteiger partial charge in [0.1, 0.15) is 0 Å². The molecule has 0 fully saturated rings. The summed E-state index contributed by atoms with van der Waals surface area (Å²) in [6, 6.07) is 33.8. The van der Waals surface area contributed by atoms with Crippen LogP contribution in [-0.4, -0.2) is 14.8 Å². The summed E-state index contributed by atoms with van der Waals surface area (Å²) in [4.78, 5) is 0. The zero-order valence-corrected chi connectivity index (χ0v) is 17.8. The number of rotatable bonds is 5. The highest BCUT2D eigenvalue weighted by molar-refractivity contribution is 5.72. The summed E-state index contributed by atoms with van der Waals surface area (Å²) in [5, 5.41) is 21.5. The maximum atomic E-state index is 12.6. The fourth-order valence-electron chi connectivity index (χ4n) is 3.86. The van der Waals surface area contributed by atoms with E-state index in [0.717, 1.165) is 28.8 Å². The van der Waals surface area contributed by atoms with Crippen molar-refractivity contribution in [1.82, 2.24) is 14.8 Å². The number of para-hydroxylation sites is 1. The molecule has 0 saturated heterocycles. The van der Waals surface area contributed by atoms with Gasteiger partial charge >= 0.3 is 0 Å². The standard InChI is InChI=1S/C28H23N3O/c1-2-20-12-18-24(19-13-20)31-27(29-30-28(31)25-10-6-7-11-26(25)32)23-16-14-22(15-17-23)21-8-4-3-5-9-21/h3-19,32H,2H2,1H3/p-1. The molecule has 0 aliphatic heterocycles. The molecule has 32 heavy (non-hydrogen) atoms. The summed E-state index contributed by atoms with van der Waals surface area (Å²) in [5.41, 5.74) is 5.95. The Hall–Kier alpha value is -4.18. The van der Waals surface area contributed by atoms with Gasteiger partial charge in [-0.15, -0.1) is 10.2 Å². The minimum Gasteiger partial charge on any atom is -0.872 e. The highest BCUT2D eigenvalue weighted by Gasteiger charge is 2.17. The van der Waals surface area contributed by atoms with Gasteiger partial charge in [-0.05, 0) is 35.2 Å². The van der Waals surface area contributed by atoms with Crippen LogP contribution in [0.2, 0.25) is 0 Å². The molecule has 0 aliphatic carbocycles. The first kappa shape index (κ1) is 19.8. The van der Waals surface area contributed by atoms with Gasteiger partial charge in [0, 0.05) is 16.8 Å². The van der Waals surface area contributed by atoms with Crippen molar-refractivity contribution >= 4 is 0 Å². The number of hydrogen-bond acceptors (Lipinski definition) is 3. The molecule has 4 nitrogen and oxygen atoms in total. The third-order valence-corrected chi connectivity index (χ3v) is 5.64. The molecule has 1 heterocycles. The molecule has 0 saturated carbocycles. The summed E-state index contributed by atoms with van der Waals surface area (Å²) >= 11 is 0. The van der Waals surface area contributed by atoms with E-state index < -0.39 is 0 Å². The smallest absolute Gasteiger partial charge is 0.168 e. The highest BCUT2D eigenvalue weighted by atomic mass is 16.3. The van der Waals surface area contributed by atoms with E-state index in [9.17, 15) is 5.11 Å². The molecule has 0 atom stereocenters. The van der Waals surface area contributed by atoms with Crippen molar-refractivity contribution in [1.29, 1.82) is 0 Å². The Morgan fingerprint density at radius 2 is 1.22 bits per heavy atom. The van der Waals surface area contributed by atoms with E-state index in [1.54, 1.807) is 18.2 Å². The molecule has 156 valence electrons. The van der Waals surface area contributed by atoms with Gasteiger partial charge in [-0.3, -0.25) is 4.57 Å². The molecule has 0 bridgehead atoms. The third-order valence-electron chi connectivity index (χ3n) is 5.64. The molecule has 4 aromatic carbocycles. The van der Waals surface area contributed by atoms with Crippen LogP contribution >= 0.6 is 0 Å². The lowest BCUT2D eigenvalue weighted by atomic mass is 10.0. The Morgan fingerprint density at radius 1 is 0.625 bits per heavy atom. The summed E-state index contributed by atoms with van der Waals surface area (Å²) in [6.45, 7) is 2.13. The molecule has 5 aromatic rings. The Kier molecular flexibility index (Phi) is 5.26. The predicted octanol–water partition coefficient (Wildman–Crippen LogP) is 5.90. The quantitative estimate of drug-likeness (QED) is 0.358. The number of aromatic nitrogens is 3. The Balaban J connectivity index is 1.64. The zero-order valence-electron chi connectivity index (χ0n) is 17.8. The molecule has 0 unspecified atom stereocenters. The molecule has 0 spiro atoms. The second-order valence-electron chi connectivity index (χ2n) is 7.64. The average Bonchev–Trinajstić information content (AvgIpc) is 3.30. The highest BCUT2D eigenvalue weighted by Crippen LogP contribution is 2.32. The van der Waals surface area contributed by atoms with Crippen LogP contribution in [0.3, 0.4) is 0 Å². The van der Waals surface area contributed by atoms with Crippen molar-refractivity contribution in [2.45, 2.75) is 13.3 Å². The second kappa shape index (κ2) is 8.52. The van der Waals surface area contributed by atoms with Gasteiger partial charge in [0.2, 0.25) is 0 Å². The lowest BCUT2D eigenvalue weighted by Crippen LogP contribution is -2.02. The average molecular weight is 417 g/mol. The topological polar surface area (TPSA) is 53.8 Å². The van der Waals surface area contributed by atoms with Crippen molar-refractivity contribution in [3.05, 3.63) is 109 Å². The van der Waals surface area contributed by atoms with Crippen molar-refractivity contribution in [3.63, 3.8) is 0 Å². The van der Waals surface area contributed by atoms with Crippen LogP contribution in [0, 0.1) is 0 Å². The molecule has 0 amide bonds. The maximum Gasteiger partial charge on any atom is 0.168 e. The number of nitrogens with zero attached hydrogens (tertiary/aromatic N) is 3.